The maximum absolute atomic E-state index is 11.4. The molecule has 0 atom stereocenters. The van der Waals surface area contributed by atoms with Gasteiger partial charge in [0.1, 0.15) is 0 Å². The zero-order valence-electron chi connectivity index (χ0n) is 9.60. The van der Waals surface area contributed by atoms with Gasteiger partial charge in [-0.1, -0.05) is 6.92 Å². The number of hydrogen-bond donors (Lipinski definition) is 2. The SMILES string of the molecule is CCCC(=O)Nc1cc(-c2ccncc2)[nH]n1. The summed E-state index contributed by atoms with van der Waals surface area (Å²) < 4.78 is 0. The average Bonchev–Trinajstić information content (AvgIpc) is 2.79. The van der Waals surface area contributed by atoms with Crippen molar-refractivity contribution in [2.45, 2.75) is 19.8 Å². The second kappa shape index (κ2) is 5.25. The number of amides is 1. The Bertz CT molecular complexity index is 492. The number of H-pyrrole nitrogens is 1. The van der Waals surface area contributed by atoms with E-state index in [-0.39, 0.29) is 5.91 Å². The number of carbonyl (C=O) groups is 1. The second-order valence-electron chi connectivity index (χ2n) is 3.70. The molecule has 0 aliphatic heterocycles. The summed E-state index contributed by atoms with van der Waals surface area (Å²) in [5.41, 5.74) is 1.85. The molecule has 2 heterocycles. The van der Waals surface area contributed by atoms with E-state index in [1.807, 2.05) is 25.1 Å². The molecule has 5 heteroatoms. The molecule has 1 amide bonds. The molecule has 2 aromatic rings. The third-order valence-electron chi connectivity index (χ3n) is 2.31. The Hall–Kier alpha value is -2.17. The van der Waals surface area contributed by atoms with Crippen LogP contribution >= 0.6 is 0 Å². The van der Waals surface area contributed by atoms with Crippen molar-refractivity contribution in [1.82, 2.24) is 15.2 Å². The molecule has 2 rings (SSSR count). The Morgan fingerprint density at radius 3 is 2.88 bits per heavy atom. The molecule has 0 saturated carbocycles. The first-order valence-corrected chi connectivity index (χ1v) is 5.55. The molecule has 2 N–H and O–H groups in total. The van der Waals surface area contributed by atoms with Crippen LogP contribution in [-0.2, 0) is 4.79 Å². The van der Waals surface area contributed by atoms with Crippen LogP contribution in [0.2, 0.25) is 0 Å². The maximum Gasteiger partial charge on any atom is 0.225 e. The lowest BCUT2D eigenvalue weighted by Gasteiger charge is -1.98. The van der Waals surface area contributed by atoms with Crippen LogP contribution in [0.4, 0.5) is 5.82 Å². The minimum absolute atomic E-state index is 0.0136. The van der Waals surface area contributed by atoms with E-state index < -0.39 is 0 Å². The summed E-state index contributed by atoms with van der Waals surface area (Å²) in [6.07, 6.45) is 4.77. The minimum Gasteiger partial charge on any atom is -0.309 e. The molecule has 0 spiro atoms. The average molecular weight is 230 g/mol. The Morgan fingerprint density at radius 2 is 2.18 bits per heavy atom. The van der Waals surface area contributed by atoms with Crippen molar-refractivity contribution in [2.75, 3.05) is 5.32 Å². The molecule has 2 aromatic heterocycles. The van der Waals surface area contributed by atoms with E-state index >= 15 is 0 Å². The number of anilines is 1. The first kappa shape index (κ1) is 11.3. The predicted molar refractivity (Wildman–Crippen MR) is 65.4 cm³/mol. The summed E-state index contributed by atoms with van der Waals surface area (Å²) in [7, 11) is 0. The van der Waals surface area contributed by atoms with E-state index in [4.69, 9.17) is 0 Å². The maximum atomic E-state index is 11.4. The van der Waals surface area contributed by atoms with Crippen molar-refractivity contribution >= 4 is 11.7 Å². The highest BCUT2D eigenvalue weighted by atomic mass is 16.1. The lowest BCUT2D eigenvalue weighted by molar-refractivity contribution is -0.116. The molecular formula is C12H14N4O. The lowest BCUT2D eigenvalue weighted by atomic mass is 10.2. The first-order valence-electron chi connectivity index (χ1n) is 5.55. The normalized spacial score (nSPS) is 10.2. The summed E-state index contributed by atoms with van der Waals surface area (Å²) in [6.45, 7) is 1.96. The predicted octanol–water partition coefficient (Wildman–Crippen LogP) is 2.21. The van der Waals surface area contributed by atoms with E-state index in [0.717, 1.165) is 17.7 Å². The molecule has 5 nitrogen and oxygen atoms in total. The van der Waals surface area contributed by atoms with Gasteiger partial charge in [0.15, 0.2) is 5.82 Å². The van der Waals surface area contributed by atoms with Gasteiger partial charge >= 0.3 is 0 Å². The number of pyridine rings is 1. The van der Waals surface area contributed by atoms with E-state index in [1.165, 1.54) is 0 Å². The van der Waals surface area contributed by atoms with Gasteiger partial charge in [0.2, 0.25) is 5.91 Å². The minimum atomic E-state index is -0.0136. The summed E-state index contributed by atoms with van der Waals surface area (Å²) >= 11 is 0. The lowest BCUT2D eigenvalue weighted by Crippen LogP contribution is -2.10. The second-order valence-corrected chi connectivity index (χ2v) is 3.70. The fourth-order valence-corrected chi connectivity index (χ4v) is 1.50. The molecule has 0 bridgehead atoms. The van der Waals surface area contributed by atoms with Gasteiger partial charge in [0.25, 0.3) is 0 Å². The van der Waals surface area contributed by atoms with Crippen LogP contribution in [0, 0.1) is 0 Å². The molecule has 0 aromatic carbocycles. The zero-order chi connectivity index (χ0) is 12.1. The summed E-state index contributed by atoms with van der Waals surface area (Å²) in [6, 6.07) is 5.57. The van der Waals surface area contributed by atoms with Gasteiger partial charge < -0.3 is 5.32 Å². The summed E-state index contributed by atoms with van der Waals surface area (Å²) in [5.74, 6) is 0.538. The van der Waals surface area contributed by atoms with Crippen LogP contribution in [0.3, 0.4) is 0 Å². The number of nitrogens with one attached hydrogen (secondary N) is 2. The molecule has 17 heavy (non-hydrogen) atoms. The highest BCUT2D eigenvalue weighted by Crippen LogP contribution is 2.18. The number of aromatic nitrogens is 3. The van der Waals surface area contributed by atoms with Crippen molar-refractivity contribution < 1.29 is 4.79 Å². The zero-order valence-corrected chi connectivity index (χ0v) is 9.60. The standard InChI is InChI=1S/C12H14N4O/c1-2-3-12(17)14-11-8-10(15-16-11)9-4-6-13-7-5-9/h4-8H,2-3H2,1H3,(H2,14,15,16,17). The fourth-order valence-electron chi connectivity index (χ4n) is 1.50. The Labute approximate surface area is 99.3 Å². The van der Waals surface area contributed by atoms with E-state index in [1.54, 1.807) is 12.4 Å². The van der Waals surface area contributed by atoms with Gasteiger partial charge in [-0.05, 0) is 18.6 Å². The van der Waals surface area contributed by atoms with Gasteiger partial charge in [-0.25, -0.2) is 0 Å². The van der Waals surface area contributed by atoms with Crippen LogP contribution in [0.5, 0.6) is 0 Å². The van der Waals surface area contributed by atoms with Crippen LogP contribution < -0.4 is 5.32 Å². The van der Waals surface area contributed by atoms with Crippen LogP contribution in [0.25, 0.3) is 11.3 Å². The van der Waals surface area contributed by atoms with Gasteiger partial charge in [-0.3, -0.25) is 14.9 Å². The molecule has 0 aliphatic rings. The van der Waals surface area contributed by atoms with Gasteiger partial charge in [0, 0.05) is 30.4 Å². The molecule has 0 radical (unpaired) electrons. The van der Waals surface area contributed by atoms with Crippen molar-refractivity contribution in [1.29, 1.82) is 0 Å². The molecule has 88 valence electrons. The number of nitrogens with zero attached hydrogens (tertiary/aromatic N) is 2. The Balaban J connectivity index is 2.09. The topological polar surface area (TPSA) is 70.7 Å². The third-order valence-corrected chi connectivity index (χ3v) is 2.31. The van der Waals surface area contributed by atoms with Crippen LogP contribution in [0.15, 0.2) is 30.6 Å². The first-order chi connectivity index (χ1) is 8.29. The Kier molecular flexibility index (Phi) is 3.49. The third kappa shape index (κ3) is 2.90. The smallest absolute Gasteiger partial charge is 0.225 e. The van der Waals surface area contributed by atoms with Crippen LogP contribution in [0.1, 0.15) is 19.8 Å². The Morgan fingerprint density at radius 1 is 1.41 bits per heavy atom. The van der Waals surface area contributed by atoms with Gasteiger partial charge in [-0.2, -0.15) is 5.10 Å². The van der Waals surface area contributed by atoms with Crippen LogP contribution in [-0.4, -0.2) is 21.1 Å². The van der Waals surface area contributed by atoms with Crippen molar-refractivity contribution in [3.8, 4) is 11.3 Å². The number of carbonyl (C=O) groups excluding carboxylic acids is 1. The van der Waals surface area contributed by atoms with E-state index in [2.05, 4.69) is 20.5 Å². The molecule has 0 aliphatic carbocycles. The number of hydrogen-bond acceptors (Lipinski definition) is 3. The molecule has 0 unspecified atom stereocenters. The molecule has 0 fully saturated rings. The van der Waals surface area contributed by atoms with E-state index in [0.29, 0.717) is 12.2 Å². The van der Waals surface area contributed by atoms with Gasteiger partial charge in [-0.15, -0.1) is 0 Å². The van der Waals surface area contributed by atoms with Crippen molar-refractivity contribution in [2.24, 2.45) is 0 Å². The molecular weight excluding hydrogens is 216 g/mol. The number of aromatic amines is 1. The largest absolute Gasteiger partial charge is 0.309 e. The van der Waals surface area contributed by atoms with Gasteiger partial charge in [0.05, 0.1) is 5.69 Å². The summed E-state index contributed by atoms with van der Waals surface area (Å²) in [5, 5.41) is 9.65. The molecule has 0 saturated heterocycles. The van der Waals surface area contributed by atoms with Crippen molar-refractivity contribution in [3.63, 3.8) is 0 Å². The fraction of sp³-hybridized carbons (Fsp3) is 0.250. The summed E-state index contributed by atoms with van der Waals surface area (Å²) in [4.78, 5) is 15.3. The highest BCUT2D eigenvalue weighted by Gasteiger charge is 2.06. The highest BCUT2D eigenvalue weighted by molar-refractivity contribution is 5.90. The quantitative estimate of drug-likeness (QED) is 0.845. The van der Waals surface area contributed by atoms with E-state index in [9.17, 15) is 4.79 Å². The van der Waals surface area contributed by atoms with Crippen molar-refractivity contribution in [3.05, 3.63) is 30.6 Å². The number of rotatable bonds is 4. The monoisotopic (exact) mass is 230 g/mol.